The summed E-state index contributed by atoms with van der Waals surface area (Å²) in [5, 5.41) is 0. The van der Waals surface area contributed by atoms with E-state index in [-0.39, 0.29) is 5.91 Å². The maximum atomic E-state index is 12.1. The maximum Gasteiger partial charge on any atom is 0.227 e. The molecule has 0 saturated carbocycles. The van der Waals surface area contributed by atoms with Crippen molar-refractivity contribution in [3.05, 3.63) is 54.1 Å². The highest BCUT2D eigenvalue weighted by atomic mass is 16.2. The molecule has 4 heteroatoms. The Hall–Kier alpha value is -2.49. The van der Waals surface area contributed by atoms with Crippen molar-refractivity contribution in [2.45, 2.75) is 12.8 Å². The molecule has 0 aromatic heterocycles. The number of benzene rings is 2. The lowest BCUT2D eigenvalue weighted by Crippen LogP contribution is -2.26. The normalized spacial score (nSPS) is 10.2. The van der Waals surface area contributed by atoms with E-state index in [4.69, 9.17) is 11.5 Å². The number of hydrogen-bond donors (Lipinski definition) is 2. The van der Waals surface area contributed by atoms with Crippen molar-refractivity contribution in [2.24, 2.45) is 0 Å². The van der Waals surface area contributed by atoms with E-state index in [1.807, 2.05) is 36.4 Å². The van der Waals surface area contributed by atoms with Gasteiger partial charge in [0.25, 0.3) is 0 Å². The Labute approximate surface area is 119 Å². The first kappa shape index (κ1) is 13.9. The van der Waals surface area contributed by atoms with Crippen molar-refractivity contribution in [1.82, 2.24) is 0 Å². The van der Waals surface area contributed by atoms with Crippen molar-refractivity contribution in [3.8, 4) is 0 Å². The molecule has 1 amide bonds. The van der Waals surface area contributed by atoms with Gasteiger partial charge in [0, 0.05) is 30.5 Å². The molecule has 2 aromatic carbocycles. The third-order valence-electron chi connectivity index (χ3n) is 3.26. The van der Waals surface area contributed by atoms with Crippen LogP contribution < -0.4 is 16.4 Å². The van der Waals surface area contributed by atoms with Crippen molar-refractivity contribution >= 4 is 23.0 Å². The third-order valence-corrected chi connectivity index (χ3v) is 3.26. The minimum Gasteiger partial charge on any atom is -0.399 e. The van der Waals surface area contributed by atoms with E-state index in [1.54, 1.807) is 24.1 Å². The summed E-state index contributed by atoms with van der Waals surface area (Å²) in [4.78, 5) is 13.8. The lowest BCUT2D eigenvalue weighted by atomic mass is 10.1. The molecule has 20 heavy (non-hydrogen) atoms. The zero-order chi connectivity index (χ0) is 14.5. The van der Waals surface area contributed by atoms with Gasteiger partial charge in [0.15, 0.2) is 0 Å². The molecule has 0 bridgehead atoms. The third kappa shape index (κ3) is 3.51. The predicted molar refractivity (Wildman–Crippen MR) is 83.4 cm³/mol. The molecule has 0 atom stereocenters. The number of hydrogen-bond acceptors (Lipinski definition) is 3. The van der Waals surface area contributed by atoms with Crippen molar-refractivity contribution < 1.29 is 4.79 Å². The molecule has 4 nitrogen and oxygen atoms in total. The minimum absolute atomic E-state index is 0.0756. The number of carbonyl (C=O) groups excluding carboxylic acids is 1. The van der Waals surface area contributed by atoms with Crippen LogP contribution in [0.15, 0.2) is 48.5 Å². The van der Waals surface area contributed by atoms with E-state index in [2.05, 4.69) is 0 Å². The second-order valence-electron chi connectivity index (χ2n) is 4.79. The van der Waals surface area contributed by atoms with Crippen LogP contribution in [0.4, 0.5) is 17.1 Å². The largest absolute Gasteiger partial charge is 0.399 e. The molecule has 0 aliphatic heterocycles. The summed E-state index contributed by atoms with van der Waals surface area (Å²) in [5.74, 6) is 0.0756. The molecule has 0 radical (unpaired) electrons. The summed E-state index contributed by atoms with van der Waals surface area (Å²) >= 11 is 0. The van der Waals surface area contributed by atoms with Crippen LogP contribution in [-0.2, 0) is 11.2 Å². The summed E-state index contributed by atoms with van der Waals surface area (Å²) in [6, 6.07) is 14.9. The molecular formula is C16H19N3O. The Kier molecular flexibility index (Phi) is 4.25. The Balaban J connectivity index is 1.94. The van der Waals surface area contributed by atoms with E-state index in [1.165, 1.54) is 0 Å². The molecule has 104 valence electrons. The van der Waals surface area contributed by atoms with E-state index in [0.717, 1.165) is 16.9 Å². The van der Waals surface area contributed by atoms with Gasteiger partial charge >= 0.3 is 0 Å². The van der Waals surface area contributed by atoms with Crippen molar-refractivity contribution in [1.29, 1.82) is 0 Å². The van der Waals surface area contributed by atoms with Gasteiger partial charge < -0.3 is 16.4 Å². The Bertz CT molecular complexity index is 576. The highest BCUT2D eigenvalue weighted by molar-refractivity contribution is 5.93. The van der Waals surface area contributed by atoms with Crippen LogP contribution in [0.3, 0.4) is 0 Å². The van der Waals surface area contributed by atoms with Crippen molar-refractivity contribution in [3.63, 3.8) is 0 Å². The van der Waals surface area contributed by atoms with Gasteiger partial charge in [0.1, 0.15) is 0 Å². The average Bonchev–Trinajstić information content (AvgIpc) is 2.46. The fraction of sp³-hybridized carbons (Fsp3) is 0.188. The molecule has 0 aliphatic rings. The van der Waals surface area contributed by atoms with Gasteiger partial charge in [-0.25, -0.2) is 0 Å². The molecule has 0 aliphatic carbocycles. The summed E-state index contributed by atoms with van der Waals surface area (Å²) in [7, 11) is 1.77. The zero-order valence-corrected chi connectivity index (χ0v) is 11.5. The summed E-state index contributed by atoms with van der Waals surface area (Å²) in [6.07, 6.45) is 1.17. The van der Waals surface area contributed by atoms with Crippen LogP contribution in [0.5, 0.6) is 0 Å². The van der Waals surface area contributed by atoms with Gasteiger partial charge in [-0.05, 0) is 48.4 Å². The number of anilines is 3. The summed E-state index contributed by atoms with van der Waals surface area (Å²) in [5.41, 5.74) is 14.7. The van der Waals surface area contributed by atoms with Gasteiger partial charge in [-0.3, -0.25) is 4.79 Å². The van der Waals surface area contributed by atoms with E-state index < -0.39 is 0 Å². The first-order valence-corrected chi connectivity index (χ1v) is 6.53. The molecule has 0 fully saturated rings. The Morgan fingerprint density at radius 1 is 0.950 bits per heavy atom. The number of aryl methyl sites for hydroxylation is 1. The van der Waals surface area contributed by atoms with Crippen LogP contribution in [0.25, 0.3) is 0 Å². The highest BCUT2D eigenvalue weighted by Crippen LogP contribution is 2.16. The van der Waals surface area contributed by atoms with Gasteiger partial charge in [0.05, 0.1) is 0 Å². The molecule has 2 rings (SSSR count). The van der Waals surface area contributed by atoms with E-state index in [0.29, 0.717) is 18.5 Å². The minimum atomic E-state index is 0.0756. The molecule has 0 unspecified atom stereocenters. The van der Waals surface area contributed by atoms with Gasteiger partial charge in [-0.15, -0.1) is 0 Å². The van der Waals surface area contributed by atoms with Gasteiger partial charge in [0.2, 0.25) is 5.91 Å². The molecular weight excluding hydrogens is 250 g/mol. The SMILES string of the molecule is CN(C(=O)CCc1ccc(N)cc1)c1ccc(N)cc1. The predicted octanol–water partition coefficient (Wildman–Crippen LogP) is 2.45. The quantitative estimate of drug-likeness (QED) is 0.837. The summed E-state index contributed by atoms with van der Waals surface area (Å²) < 4.78 is 0. The van der Waals surface area contributed by atoms with E-state index >= 15 is 0 Å². The zero-order valence-electron chi connectivity index (χ0n) is 11.5. The second-order valence-corrected chi connectivity index (χ2v) is 4.79. The number of amides is 1. The molecule has 0 saturated heterocycles. The fourth-order valence-corrected chi connectivity index (χ4v) is 1.95. The lowest BCUT2D eigenvalue weighted by Gasteiger charge is -2.17. The number of nitrogens with two attached hydrogens (primary N) is 2. The highest BCUT2D eigenvalue weighted by Gasteiger charge is 2.10. The number of nitrogens with zero attached hydrogens (tertiary/aromatic N) is 1. The fourth-order valence-electron chi connectivity index (χ4n) is 1.95. The van der Waals surface area contributed by atoms with Crippen LogP contribution in [-0.4, -0.2) is 13.0 Å². The van der Waals surface area contributed by atoms with Crippen LogP contribution in [0.2, 0.25) is 0 Å². The topological polar surface area (TPSA) is 72.3 Å². The molecule has 0 spiro atoms. The second kappa shape index (κ2) is 6.10. The first-order chi connectivity index (χ1) is 9.56. The smallest absolute Gasteiger partial charge is 0.227 e. The van der Waals surface area contributed by atoms with Crippen LogP contribution in [0, 0.1) is 0 Å². The van der Waals surface area contributed by atoms with Crippen LogP contribution in [0.1, 0.15) is 12.0 Å². The van der Waals surface area contributed by atoms with Crippen molar-refractivity contribution in [2.75, 3.05) is 23.4 Å². The van der Waals surface area contributed by atoms with Gasteiger partial charge in [-0.2, -0.15) is 0 Å². The standard InChI is InChI=1S/C16H19N3O/c1-19(15-9-7-14(18)8-10-15)16(20)11-4-12-2-5-13(17)6-3-12/h2-3,5-10H,4,11,17-18H2,1H3. The number of carbonyl (C=O) groups is 1. The van der Waals surface area contributed by atoms with E-state index in [9.17, 15) is 4.79 Å². The number of nitrogen functional groups attached to an aromatic ring is 2. The first-order valence-electron chi connectivity index (χ1n) is 6.53. The maximum absolute atomic E-state index is 12.1. The van der Waals surface area contributed by atoms with Crippen LogP contribution >= 0.6 is 0 Å². The molecule has 0 heterocycles. The van der Waals surface area contributed by atoms with Gasteiger partial charge in [-0.1, -0.05) is 12.1 Å². The Morgan fingerprint density at radius 3 is 2.00 bits per heavy atom. The Morgan fingerprint density at radius 2 is 1.45 bits per heavy atom. The summed E-state index contributed by atoms with van der Waals surface area (Å²) in [6.45, 7) is 0. The molecule has 4 N–H and O–H groups in total. The molecule has 2 aromatic rings. The average molecular weight is 269 g/mol. The number of rotatable bonds is 4. The lowest BCUT2D eigenvalue weighted by molar-refractivity contribution is -0.118. The monoisotopic (exact) mass is 269 g/mol.